The van der Waals surface area contributed by atoms with E-state index in [2.05, 4.69) is 32.7 Å². The van der Waals surface area contributed by atoms with Gasteiger partial charge in [0.2, 0.25) is 0 Å². The zero-order valence-corrected chi connectivity index (χ0v) is 16.0. The quantitative estimate of drug-likeness (QED) is 0.535. The summed E-state index contributed by atoms with van der Waals surface area (Å²) in [6.07, 6.45) is 8.59. The first kappa shape index (κ1) is 17.5. The van der Waals surface area contributed by atoms with E-state index in [0.29, 0.717) is 23.9 Å². The van der Waals surface area contributed by atoms with Crippen LogP contribution in [0, 0.1) is 28.6 Å². The number of aromatic nitrogens is 4. The maximum Gasteiger partial charge on any atom is 0.141 e. The van der Waals surface area contributed by atoms with Crippen LogP contribution in [0.5, 0.6) is 0 Å². The Hall–Kier alpha value is -3.64. The number of nitrogens with zero attached hydrogens (tertiary/aromatic N) is 5. The van der Waals surface area contributed by atoms with E-state index >= 15 is 0 Å². The SMILES string of the molecule is N#CCC1CCC(n2c(-c3ccc(C#N)cc3)nc3cnc4[nH]ccc4c32)CC1. The minimum Gasteiger partial charge on any atom is -0.346 e. The molecule has 6 heteroatoms. The molecule has 1 N–H and O–H groups in total. The molecule has 0 bridgehead atoms. The summed E-state index contributed by atoms with van der Waals surface area (Å²) in [5, 5.41) is 19.2. The lowest BCUT2D eigenvalue weighted by Crippen LogP contribution is -2.19. The van der Waals surface area contributed by atoms with Crippen LogP contribution in [0.25, 0.3) is 33.5 Å². The molecule has 1 aromatic carbocycles. The molecule has 0 unspecified atom stereocenters. The van der Waals surface area contributed by atoms with Crippen molar-refractivity contribution in [3.05, 3.63) is 48.3 Å². The van der Waals surface area contributed by atoms with Gasteiger partial charge in [0.15, 0.2) is 0 Å². The number of rotatable bonds is 3. The Bertz CT molecular complexity index is 1260. The molecule has 3 heterocycles. The van der Waals surface area contributed by atoms with Gasteiger partial charge in [0.1, 0.15) is 17.0 Å². The van der Waals surface area contributed by atoms with Crippen LogP contribution in [-0.2, 0) is 0 Å². The standard InChI is InChI=1S/C23H20N6/c24-11-9-15-3-7-18(8-4-15)29-21-19-10-12-26-22(19)27-14-20(21)28-23(29)17-5-1-16(13-25)2-6-17/h1-2,5-6,10,12,14-15,18H,3-4,7-9H2,(H,26,27). The van der Waals surface area contributed by atoms with Gasteiger partial charge < -0.3 is 9.55 Å². The number of imidazole rings is 1. The van der Waals surface area contributed by atoms with E-state index in [1.807, 2.05) is 36.7 Å². The zero-order valence-electron chi connectivity index (χ0n) is 16.0. The zero-order chi connectivity index (χ0) is 19.8. The van der Waals surface area contributed by atoms with Gasteiger partial charge >= 0.3 is 0 Å². The Balaban J connectivity index is 1.67. The van der Waals surface area contributed by atoms with E-state index < -0.39 is 0 Å². The van der Waals surface area contributed by atoms with Gasteiger partial charge in [-0.15, -0.1) is 0 Å². The normalized spacial score (nSPS) is 19.2. The van der Waals surface area contributed by atoms with Gasteiger partial charge in [0, 0.05) is 29.6 Å². The Morgan fingerprint density at radius 1 is 1.07 bits per heavy atom. The summed E-state index contributed by atoms with van der Waals surface area (Å²) < 4.78 is 2.37. The number of aromatic amines is 1. The topological polar surface area (TPSA) is 94.1 Å². The van der Waals surface area contributed by atoms with Gasteiger partial charge in [0.25, 0.3) is 0 Å². The van der Waals surface area contributed by atoms with Crippen molar-refractivity contribution in [2.75, 3.05) is 0 Å². The Labute approximate surface area is 168 Å². The van der Waals surface area contributed by atoms with Crippen molar-refractivity contribution < 1.29 is 0 Å². The minimum atomic E-state index is 0.334. The summed E-state index contributed by atoms with van der Waals surface area (Å²) in [4.78, 5) is 12.7. The highest BCUT2D eigenvalue weighted by Gasteiger charge is 2.27. The van der Waals surface area contributed by atoms with Crippen molar-refractivity contribution in [2.45, 2.75) is 38.1 Å². The van der Waals surface area contributed by atoms with Gasteiger partial charge in [0.05, 0.1) is 29.4 Å². The second-order valence-electron chi connectivity index (χ2n) is 7.76. The number of pyridine rings is 1. The van der Waals surface area contributed by atoms with Crippen LogP contribution in [0.1, 0.15) is 43.7 Å². The van der Waals surface area contributed by atoms with E-state index in [0.717, 1.165) is 59.1 Å². The molecule has 0 spiro atoms. The van der Waals surface area contributed by atoms with E-state index in [-0.39, 0.29) is 0 Å². The Morgan fingerprint density at radius 2 is 1.86 bits per heavy atom. The minimum absolute atomic E-state index is 0.334. The fourth-order valence-electron chi connectivity index (χ4n) is 4.58. The second kappa shape index (κ2) is 7.07. The molecule has 3 aromatic heterocycles. The van der Waals surface area contributed by atoms with Gasteiger partial charge in [-0.1, -0.05) is 0 Å². The highest BCUT2D eigenvalue weighted by Crippen LogP contribution is 2.40. The molecule has 142 valence electrons. The summed E-state index contributed by atoms with van der Waals surface area (Å²) in [5.74, 6) is 1.42. The van der Waals surface area contributed by atoms with E-state index in [9.17, 15) is 0 Å². The molecule has 0 aliphatic heterocycles. The average Bonchev–Trinajstić information content (AvgIpc) is 3.39. The molecule has 0 saturated heterocycles. The molecule has 0 amide bonds. The summed E-state index contributed by atoms with van der Waals surface area (Å²) >= 11 is 0. The molecule has 1 aliphatic rings. The predicted octanol–water partition coefficient (Wildman–Crippen LogP) is 5.10. The number of nitriles is 2. The third kappa shape index (κ3) is 2.94. The maximum absolute atomic E-state index is 9.13. The fraction of sp³-hybridized carbons (Fsp3) is 0.304. The fourth-order valence-corrected chi connectivity index (χ4v) is 4.58. The molecule has 5 rings (SSSR count). The van der Waals surface area contributed by atoms with E-state index in [4.69, 9.17) is 15.5 Å². The third-order valence-electron chi connectivity index (χ3n) is 6.07. The molecular weight excluding hydrogens is 360 g/mol. The molecule has 1 fully saturated rings. The Morgan fingerprint density at radius 3 is 2.59 bits per heavy atom. The summed E-state index contributed by atoms with van der Waals surface area (Å²) in [6.45, 7) is 0. The highest BCUT2D eigenvalue weighted by molar-refractivity contribution is 6.02. The third-order valence-corrected chi connectivity index (χ3v) is 6.07. The van der Waals surface area contributed by atoms with Crippen molar-refractivity contribution in [3.63, 3.8) is 0 Å². The van der Waals surface area contributed by atoms with Crippen LogP contribution >= 0.6 is 0 Å². The van der Waals surface area contributed by atoms with Crippen molar-refractivity contribution in [3.8, 4) is 23.5 Å². The smallest absolute Gasteiger partial charge is 0.141 e. The van der Waals surface area contributed by atoms with Crippen molar-refractivity contribution in [1.82, 2.24) is 19.5 Å². The van der Waals surface area contributed by atoms with Gasteiger partial charge in [-0.05, 0) is 61.9 Å². The summed E-state index contributed by atoms with van der Waals surface area (Å²) in [5.41, 5.74) is 4.50. The lowest BCUT2D eigenvalue weighted by atomic mass is 9.84. The van der Waals surface area contributed by atoms with Gasteiger partial charge in [-0.2, -0.15) is 10.5 Å². The number of nitrogens with one attached hydrogen (secondary N) is 1. The largest absolute Gasteiger partial charge is 0.346 e. The highest BCUT2D eigenvalue weighted by atomic mass is 15.1. The van der Waals surface area contributed by atoms with Crippen LogP contribution in [-0.4, -0.2) is 19.5 Å². The molecule has 6 nitrogen and oxygen atoms in total. The monoisotopic (exact) mass is 380 g/mol. The first-order valence-electron chi connectivity index (χ1n) is 10.00. The first-order chi connectivity index (χ1) is 14.3. The number of hydrogen-bond donors (Lipinski definition) is 1. The number of fused-ring (bicyclic) bond motifs is 3. The second-order valence-corrected chi connectivity index (χ2v) is 7.76. The summed E-state index contributed by atoms with van der Waals surface area (Å²) in [6, 6.07) is 14.5. The number of hydrogen-bond acceptors (Lipinski definition) is 4. The van der Waals surface area contributed by atoms with Crippen LogP contribution in [0.2, 0.25) is 0 Å². The van der Waals surface area contributed by atoms with Crippen molar-refractivity contribution >= 4 is 22.1 Å². The molecule has 1 aliphatic carbocycles. The van der Waals surface area contributed by atoms with Crippen molar-refractivity contribution in [1.29, 1.82) is 10.5 Å². The first-order valence-corrected chi connectivity index (χ1v) is 10.00. The lowest BCUT2D eigenvalue weighted by Gasteiger charge is -2.30. The predicted molar refractivity (Wildman–Crippen MR) is 111 cm³/mol. The average molecular weight is 380 g/mol. The van der Waals surface area contributed by atoms with Gasteiger partial charge in [-0.3, -0.25) is 0 Å². The number of benzene rings is 1. The van der Waals surface area contributed by atoms with Crippen LogP contribution in [0.15, 0.2) is 42.7 Å². The van der Waals surface area contributed by atoms with Crippen molar-refractivity contribution in [2.24, 2.45) is 5.92 Å². The Kier molecular flexibility index (Phi) is 4.26. The molecule has 1 saturated carbocycles. The van der Waals surface area contributed by atoms with Gasteiger partial charge in [-0.25, -0.2) is 9.97 Å². The van der Waals surface area contributed by atoms with Crippen LogP contribution in [0.3, 0.4) is 0 Å². The van der Waals surface area contributed by atoms with E-state index in [1.165, 1.54) is 0 Å². The maximum atomic E-state index is 9.13. The summed E-state index contributed by atoms with van der Waals surface area (Å²) in [7, 11) is 0. The molecule has 0 radical (unpaired) electrons. The van der Waals surface area contributed by atoms with E-state index in [1.54, 1.807) is 0 Å². The molecule has 4 aromatic rings. The number of H-pyrrole nitrogens is 1. The lowest BCUT2D eigenvalue weighted by molar-refractivity contribution is 0.283. The van der Waals surface area contributed by atoms with Crippen LogP contribution < -0.4 is 0 Å². The molecular formula is C23H20N6. The molecule has 0 atom stereocenters. The molecule has 29 heavy (non-hydrogen) atoms. The van der Waals surface area contributed by atoms with Crippen LogP contribution in [0.4, 0.5) is 0 Å².